The molecule has 0 fully saturated rings. The molecule has 2 aromatic rings. The number of anilines is 3. The van der Waals surface area contributed by atoms with E-state index < -0.39 is 0 Å². The van der Waals surface area contributed by atoms with Crippen LogP contribution in [0.3, 0.4) is 0 Å². The number of ether oxygens (including phenoxy) is 1. The third kappa shape index (κ3) is 3.09. The van der Waals surface area contributed by atoms with Gasteiger partial charge in [0, 0.05) is 24.7 Å². The summed E-state index contributed by atoms with van der Waals surface area (Å²) in [6.07, 6.45) is 0. The fourth-order valence-corrected chi connectivity index (χ4v) is 3.90. The van der Waals surface area contributed by atoms with Crippen molar-refractivity contribution in [2.24, 2.45) is 0 Å². The summed E-state index contributed by atoms with van der Waals surface area (Å²) >= 11 is 0. The summed E-state index contributed by atoms with van der Waals surface area (Å²) in [6.45, 7) is 6.93. The van der Waals surface area contributed by atoms with Crippen LogP contribution in [0.4, 0.5) is 17.1 Å². The first-order valence-electron chi connectivity index (χ1n) is 9.48. The molecule has 1 amide bonds. The van der Waals surface area contributed by atoms with E-state index in [1.807, 2.05) is 31.2 Å². The second-order valence-corrected chi connectivity index (χ2v) is 8.12. The van der Waals surface area contributed by atoms with Gasteiger partial charge in [-0.05, 0) is 51.1 Å². The molecule has 2 aromatic carbocycles. The third-order valence-corrected chi connectivity index (χ3v) is 5.43. The number of ketones is 1. The van der Waals surface area contributed by atoms with Gasteiger partial charge in [0.2, 0.25) is 0 Å². The van der Waals surface area contributed by atoms with E-state index in [9.17, 15) is 9.59 Å². The van der Waals surface area contributed by atoms with Crippen molar-refractivity contribution in [3.05, 3.63) is 48.0 Å². The van der Waals surface area contributed by atoms with E-state index in [0.29, 0.717) is 23.5 Å². The molecule has 1 unspecified atom stereocenters. The molecule has 28 heavy (non-hydrogen) atoms. The lowest BCUT2D eigenvalue weighted by molar-refractivity contribution is -0.120. The zero-order valence-corrected chi connectivity index (χ0v) is 16.7. The number of nitrogens with zero attached hydrogens (tertiary/aromatic N) is 2. The van der Waals surface area contributed by atoms with Crippen LogP contribution in [0.2, 0.25) is 0 Å². The number of carbonyl (C=O) groups is 2. The first-order valence-corrected chi connectivity index (χ1v) is 9.48. The maximum atomic E-state index is 13.3. The lowest BCUT2D eigenvalue weighted by Crippen LogP contribution is -2.53. The molecule has 2 aliphatic rings. The summed E-state index contributed by atoms with van der Waals surface area (Å²) in [4.78, 5) is 29.0. The molecular weight excluding hydrogens is 354 g/mol. The number of likely N-dealkylation sites (N-methyl/N-ethyl adjacent to an activating group) is 1. The molecule has 0 aromatic heterocycles. The number of nitrogens with one attached hydrogen (secondary N) is 1. The molecule has 1 atom stereocenters. The van der Waals surface area contributed by atoms with Gasteiger partial charge in [-0.1, -0.05) is 12.1 Å². The fourth-order valence-electron chi connectivity index (χ4n) is 3.90. The van der Waals surface area contributed by atoms with Gasteiger partial charge >= 0.3 is 0 Å². The van der Waals surface area contributed by atoms with Crippen LogP contribution in [-0.4, -0.2) is 43.5 Å². The van der Waals surface area contributed by atoms with Gasteiger partial charge in [-0.2, -0.15) is 0 Å². The van der Waals surface area contributed by atoms with Crippen molar-refractivity contribution >= 4 is 28.8 Å². The van der Waals surface area contributed by atoms with Gasteiger partial charge in [0.1, 0.15) is 5.75 Å². The van der Waals surface area contributed by atoms with Crippen LogP contribution in [0.25, 0.3) is 0 Å². The van der Waals surface area contributed by atoms with Crippen molar-refractivity contribution in [3.8, 4) is 5.75 Å². The zero-order valence-electron chi connectivity index (χ0n) is 16.7. The number of fused-ring (bicyclic) bond motifs is 2. The quantitative estimate of drug-likeness (QED) is 0.829. The maximum Gasteiger partial charge on any atom is 0.264 e. The first-order chi connectivity index (χ1) is 13.3. The summed E-state index contributed by atoms with van der Waals surface area (Å²) in [6, 6.07) is 13.0. The number of carbonyl (C=O) groups excluding carboxylic acids is 2. The highest BCUT2D eigenvalue weighted by atomic mass is 16.5. The van der Waals surface area contributed by atoms with Gasteiger partial charge in [0.15, 0.2) is 12.4 Å². The Hall–Kier alpha value is -3.02. The van der Waals surface area contributed by atoms with Gasteiger partial charge < -0.3 is 19.9 Å². The summed E-state index contributed by atoms with van der Waals surface area (Å²) in [7, 11) is 1.70. The van der Waals surface area contributed by atoms with Gasteiger partial charge in [-0.15, -0.1) is 0 Å². The van der Waals surface area contributed by atoms with Crippen LogP contribution in [0.5, 0.6) is 5.75 Å². The highest BCUT2D eigenvalue weighted by molar-refractivity contribution is 6.05. The lowest BCUT2D eigenvalue weighted by atomic mass is 9.95. The minimum atomic E-state index is -0.342. The average Bonchev–Trinajstić information content (AvgIpc) is 2.68. The van der Waals surface area contributed by atoms with Crippen molar-refractivity contribution in [1.82, 2.24) is 0 Å². The van der Waals surface area contributed by atoms with Crippen LogP contribution in [0.15, 0.2) is 42.5 Å². The number of para-hydroxylation sites is 2. The Kier molecular flexibility index (Phi) is 4.29. The van der Waals surface area contributed by atoms with Crippen molar-refractivity contribution in [3.63, 3.8) is 0 Å². The first kappa shape index (κ1) is 18.3. The minimum absolute atomic E-state index is 0.0155. The number of benzene rings is 2. The molecule has 6 heteroatoms. The maximum absolute atomic E-state index is 13.3. The Morgan fingerprint density at radius 2 is 1.93 bits per heavy atom. The Labute approximate surface area is 165 Å². The third-order valence-electron chi connectivity index (χ3n) is 5.43. The molecule has 2 heterocycles. The van der Waals surface area contributed by atoms with Crippen LogP contribution in [0, 0.1) is 0 Å². The molecule has 0 bridgehead atoms. The van der Waals surface area contributed by atoms with Crippen LogP contribution in [-0.2, 0) is 4.79 Å². The SMILES string of the molecule is CC(C(=O)c1ccc2c(c1)N(C)C(=O)CO2)N1CC(C)(C)Nc2ccccc21. The van der Waals surface area contributed by atoms with Gasteiger partial charge in [-0.25, -0.2) is 0 Å². The molecule has 6 nitrogen and oxygen atoms in total. The summed E-state index contributed by atoms with van der Waals surface area (Å²) in [5, 5.41) is 3.54. The molecule has 0 saturated carbocycles. The smallest absolute Gasteiger partial charge is 0.264 e. The summed E-state index contributed by atoms with van der Waals surface area (Å²) < 4.78 is 5.47. The van der Waals surface area contributed by atoms with E-state index in [1.165, 1.54) is 0 Å². The monoisotopic (exact) mass is 379 g/mol. The Bertz CT molecular complexity index is 954. The number of amides is 1. The van der Waals surface area contributed by atoms with E-state index in [-0.39, 0.29) is 29.9 Å². The number of hydrogen-bond donors (Lipinski definition) is 1. The van der Waals surface area contributed by atoms with Gasteiger partial charge in [-0.3, -0.25) is 9.59 Å². The second kappa shape index (κ2) is 6.55. The lowest BCUT2D eigenvalue weighted by Gasteiger charge is -2.44. The summed E-state index contributed by atoms with van der Waals surface area (Å²) in [5.41, 5.74) is 3.11. The molecule has 4 rings (SSSR count). The van der Waals surface area contributed by atoms with E-state index >= 15 is 0 Å². The van der Waals surface area contributed by atoms with E-state index in [4.69, 9.17) is 4.74 Å². The fraction of sp³-hybridized carbons (Fsp3) is 0.364. The largest absolute Gasteiger partial charge is 0.482 e. The van der Waals surface area contributed by atoms with E-state index in [2.05, 4.69) is 24.1 Å². The molecule has 0 aliphatic carbocycles. The van der Waals surface area contributed by atoms with Crippen molar-refractivity contribution < 1.29 is 14.3 Å². The van der Waals surface area contributed by atoms with Crippen molar-refractivity contribution in [2.75, 3.05) is 35.3 Å². The Morgan fingerprint density at radius 1 is 1.18 bits per heavy atom. The van der Waals surface area contributed by atoms with Crippen LogP contribution < -0.4 is 19.9 Å². The number of rotatable bonds is 3. The predicted octanol–water partition coefficient (Wildman–Crippen LogP) is 3.32. The molecule has 0 spiro atoms. The second-order valence-electron chi connectivity index (χ2n) is 8.12. The van der Waals surface area contributed by atoms with Crippen molar-refractivity contribution in [1.29, 1.82) is 0 Å². The molecule has 0 saturated heterocycles. The standard InChI is InChI=1S/C22H25N3O3/c1-14(25-13-22(2,3)23-16-7-5-6-8-17(16)25)21(27)15-9-10-19-18(11-15)24(4)20(26)12-28-19/h5-11,14,23H,12-13H2,1-4H3. The highest BCUT2D eigenvalue weighted by Crippen LogP contribution is 2.37. The molecule has 146 valence electrons. The molecular formula is C22H25N3O3. The van der Waals surface area contributed by atoms with E-state index in [0.717, 1.165) is 11.4 Å². The predicted molar refractivity (Wildman–Crippen MR) is 111 cm³/mol. The van der Waals surface area contributed by atoms with Crippen LogP contribution in [0.1, 0.15) is 31.1 Å². The average molecular weight is 379 g/mol. The normalized spacial score (nSPS) is 18.5. The van der Waals surface area contributed by atoms with Gasteiger partial charge in [0.05, 0.1) is 23.1 Å². The van der Waals surface area contributed by atoms with Crippen molar-refractivity contribution in [2.45, 2.75) is 32.4 Å². The summed E-state index contributed by atoms with van der Waals surface area (Å²) in [5.74, 6) is 0.518. The number of hydrogen-bond acceptors (Lipinski definition) is 5. The molecule has 0 radical (unpaired) electrons. The number of Topliss-reactive ketones (excluding diaryl/α,β-unsaturated/α-hetero) is 1. The van der Waals surface area contributed by atoms with Crippen LogP contribution >= 0.6 is 0 Å². The zero-order chi connectivity index (χ0) is 20.1. The molecule has 1 N–H and O–H groups in total. The van der Waals surface area contributed by atoms with E-state index in [1.54, 1.807) is 30.1 Å². The topological polar surface area (TPSA) is 61.9 Å². The highest BCUT2D eigenvalue weighted by Gasteiger charge is 2.34. The Balaban J connectivity index is 1.67. The minimum Gasteiger partial charge on any atom is -0.482 e. The molecule has 2 aliphatic heterocycles. The van der Waals surface area contributed by atoms with Gasteiger partial charge in [0.25, 0.3) is 5.91 Å². The Morgan fingerprint density at radius 3 is 2.71 bits per heavy atom.